The van der Waals surface area contributed by atoms with Gasteiger partial charge in [-0.05, 0) is 62.5 Å². The Labute approximate surface area is 325 Å². The van der Waals surface area contributed by atoms with E-state index in [2.05, 4.69) is 40.7 Å². The molecule has 0 radical (unpaired) electrons. The normalized spacial score (nSPS) is 14.3. The minimum absolute atomic E-state index is 0.390. The van der Waals surface area contributed by atoms with Crippen molar-refractivity contribution in [2.45, 2.75) is 298 Å². The van der Waals surface area contributed by atoms with Crippen molar-refractivity contribution in [3.8, 4) is 0 Å². The minimum Gasteiger partial charge on any atom is -0.0708 e. The first-order valence-corrected chi connectivity index (χ1v) is 24.6. The van der Waals surface area contributed by atoms with Crippen LogP contribution in [0.1, 0.15) is 298 Å². The van der Waals surface area contributed by atoms with Crippen molar-refractivity contribution < 1.29 is 0 Å². The first kappa shape index (κ1) is 48.5. The molecule has 0 heteroatoms. The van der Waals surface area contributed by atoms with Crippen molar-refractivity contribution in [2.24, 2.45) is 5.41 Å². The Morgan fingerprint density at radius 1 is 0.294 bits per heavy atom. The highest BCUT2D eigenvalue weighted by Gasteiger charge is 2.38. The molecule has 0 saturated heterocycles. The predicted molar refractivity (Wildman–Crippen MR) is 235 cm³/mol. The summed E-state index contributed by atoms with van der Waals surface area (Å²) in [6.07, 6.45) is 61.8. The summed E-state index contributed by atoms with van der Waals surface area (Å²) in [6, 6.07) is 0. The summed E-state index contributed by atoms with van der Waals surface area (Å²) < 4.78 is 0. The van der Waals surface area contributed by atoms with Gasteiger partial charge in [-0.2, -0.15) is 0 Å². The fourth-order valence-electron chi connectivity index (χ4n) is 9.27. The van der Waals surface area contributed by atoms with Crippen LogP contribution in [0.3, 0.4) is 0 Å². The van der Waals surface area contributed by atoms with Crippen LogP contribution in [-0.4, -0.2) is 0 Å². The molecule has 0 aliphatic heterocycles. The summed E-state index contributed by atoms with van der Waals surface area (Å²) in [5, 5.41) is 0. The lowest BCUT2D eigenvalue weighted by Crippen LogP contribution is -2.20. The van der Waals surface area contributed by atoms with Crippen molar-refractivity contribution in [2.75, 3.05) is 0 Å². The molecule has 0 unspecified atom stereocenters. The van der Waals surface area contributed by atoms with Crippen LogP contribution in [0.25, 0.3) is 0 Å². The Hall–Kier alpha value is -0.520. The van der Waals surface area contributed by atoms with Gasteiger partial charge in [-0.1, -0.05) is 258 Å². The van der Waals surface area contributed by atoms with E-state index in [1.165, 1.54) is 263 Å². The van der Waals surface area contributed by atoms with Crippen LogP contribution >= 0.6 is 0 Å². The lowest BCUT2D eigenvalue weighted by molar-refractivity contribution is 0.341. The second-order valence-corrected chi connectivity index (χ2v) is 17.5. The largest absolute Gasteiger partial charge is 0.0708 e. The molecular formula is C51H98. The number of allylic oxidation sites excluding steroid dienone is 4. The average molecular weight is 711 g/mol. The third-order valence-electron chi connectivity index (χ3n) is 12.6. The van der Waals surface area contributed by atoms with E-state index in [-0.39, 0.29) is 0 Å². The van der Waals surface area contributed by atoms with Gasteiger partial charge in [-0.25, -0.2) is 0 Å². The van der Waals surface area contributed by atoms with Crippen LogP contribution in [0, 0.1) is 5.41 Å². The Balaban J connectivity index is 3.17. The molecule has 0 saturated carbocycles. The monoisotopic (exact) mass is 711 g/mol. The highest BCUT2D eigenvalue weighted by atomic mass is 14.4. The molecule has 51 heavy (non-hydrogen) atoms. The smallest absolute Gasteiger partial charge is 0.0102 e. The molecule has 302 valence electrons. The van der Waals surface area contributed by atoms with Crippen molar-refractivity contribution in [1.29, 1.82) is 0 Å². The van der Waals surface area contributed by atoms with Gasteiger partial charge in [-0.15, -0.1) is 0 Å². The Kier molecular flexibility index (Phi) is 34.7. The second-order valence-electron chi connectivity index (χ2n) is 17.5. The molecule has 0 aromatic carbocycles. The lowest BCUT2D eigenvalue weighted by atomic mass is 9.71. The van der Waals surface area contributed by atoms with Crippen LogP contribution in [0.5, 0.6) is 0 Å². The molecule has 0 atom stereocenters. The Morgan fingerprint density at radius 2 is 0.569 bits per heavy atom. The minimum atomic E-state index is 0.390. The molecule has 0 N–H and O–H groups in total. The van der Waals surface area contributed by atoms with Crippen molar-refractivity contribution in [3.05, 3.63) is 22.8 Å². The SMILES string of the molecule is CCCCCCCCCCC1=CC(CCCCCCCC)(CCCCCCCC)C(CCCCCCCCCC)=C1CCCCCCCCCC. The van der Waals surface area contributed by atoms with Crippen molar-refractivity contribution in [1.82, 2.24) is 0 Å². The van der Waals surface area contributed by atoms with E-state index in [0.29, 0.717) is 5.41 Å². The zero-order valence-corrected chi connectivity index (χ0v) is 36.6. The summed E-state index contributed by atoms with van der Waals surface area (Å²) >= 11 is 0. The van der Waals surface area contributed by atoms with Crippen LogP contribution in [0.15, 0.2) is 22.8 Å². The molecule has 1 rings (SSSR count). The van der Waals surface area contributed by atoms with Crippen molar-refractivity contribution in [3.63, 3.8) is 0 Å². The first-order valence-electron chi connectivity index (χ1n) is 24.6. The number of hydrogen-bond acceptors (Lipinski definition) is 0. The number of hydrogen-bond donors (Lipinski definition) is 0. The molecule has 0 spiro atoms. The van der Waals surface area contributed by atoms with Gasteiger partial charge in [0, 0.05) is 5.41 Å². The zero-order chi connectivity index (χ0) is 36.9. The van der Waals surface area contributed by atoms with Gasteiger partial charge in [0.15, 0.2) is 0 Å². The third-order valence-corrected chi connectivity index (χ3v) is 12.6. The van der Waals surface area contributed by atoms with Crippen LogP contribution in [0.2, 0.25) is 0 Å². The average Bonchev–Trinajstić information content (AvgIpc) is 3.42. The zero-order valence-electron chi connectivity index (χ0n) is 36.6. The molecule has 0 bridgehead atoms. The maximum atomic E-state index is 2.99. The van der Waals surface area contributed by atoms with Gasteiger partial charge in [0.05, 0.1) is 0 Å². The van der Waals surface area contributed by atoms with Gasteiger partial charge in [0.2, 0.25) is 0 Å². The topological polar surface area (TPSA) is 0 Å². The summed E-state index contributed by atoms with van der Waals surface area (Å²) in [4.78, 5) is 0. The molecule has 0 fully saturated rings. The Bertz CT molecular complexity index is 766. The van der Waals surface area contributed by atoms with Gasteiger partial charge < -0.3 is 0 Å². The molecule has 1 aliphatic rings. The maximum Gasteiger partial charge on any atom is 0.0102 e. The van der Waals surface area contributed by atoms with Gasteiger partial charge >= 0.3 is 0 Å². The molecule has 0 aromatic heterocycles. The maximum absolute atomic E-state index is 2.99. The molecule has 0 amide bonds. The highest BCUT2D eigenvalue weighted by molar-refractivity contribution is 5.48. The summed E-state index contributed by atoms with van der Waals surface area (Å²) in [6.45, 7) is 11.8. The van der Waals surface area contributed by atoms with E-state index < -0.39 is 0 Å². The molecule has 0 nitrogen and oxygen atoms in total. The van der Waals surface area contributed by atoms with E-state index in [9.17, 15) is 0 Å². The predicted octanol–water partition coefficient (Wildman–Crippen LogP) is 19.3. The van der Waals surface area contributed by atoms with E-state index in [4.69, 9.17) is 0 Å². The second kappa shape index (κ2) is 36.5. The lowest BCUT2D eigenvalue weighted by Gasteiger charge is -2.33. The van der Waals surface area contributed by atoms with Gasteiger partial charge in [-0.3, -0.25) is 0 Å². The van der Waals surface area contributed by atoms with Crippen LogP contribution < -0.4 is 0 Å². The highest BCUT2D eigenvalue weighted by Crippen LogP contribution is 2.53. The Morgan fingerprint density at radius 3 is 0.922 bits per heavy atom. The summed E-state index contributed by atoms with van der Waals surface area (Å²) in [7, 11) is 0. The van der Waals surface area contributed by atoms with Crippen molar-refractivity contribution >= 4 is 0 Å². The summed E-state index contributed by atoms with van der Waals surface area (Å²) in [5.41, 5.74) is 6.16. The molecule has 0 heterocycles. The number of unbranched alkanes of at least 4 members (excludes halogenated alkanes) is 31. The molecule has 0 aromatic rings. The van der Waals surface area contributed by atoms with Crippen LogP contribution in [-0.2, 0) is 0 Å². The third kappa shape index (κ3) is 25.2. The number of rotatable bonds is 41. The fraction of sp³-hybridized carbons (Fsp3) is 0.922. The molecule has 1 aliphatic carbocycles. The first-order chi connectivity index (χ1) is 25.2. The van der Waals surface area contributed by atoms with Gasteiger partial charge in [0.25, 0.3) is 0 Å². The quantitative estimate of drug-likeness (QED) is 0.0554. The van der Waals surface area contributed by atoms with E-state index in [1.807, 2.05) is 16.7 Å². The van der Waals surface area contributed by atoms with E-state index in [0.717, 1.165) is 0 Å². The molecular weight excluding hydrogens is 613 g/mol. The fourth-order valence-corrected chi connectivity index (χ4v) is 9.27. The van der Waals surface area contributed by atoms with E-state index >= 15 is 0 Å². The van der Waals surface area contributed by atoms with E-state index in [1.54, 1.807) is 0 Å². The van der Waals surface area contributed by atoms with Crippen LogP contribution in [0.4, 0.5) is 0 Å². The standard InChI is InChI=1S/C51H98/c1-6-11-16-21-26-29-32-37-42-48-47-51(45-40-35-24-19-14-9-4,46-41-36-25-20-15-10-5)50(44-39-34-31-28-23-18-13-8-3)49(48)43-38-33-30-27-22-17-12-7-2/h47H,6-46H2,1-5H3. The summed E-state index contributed by atoms with van der Waals surface area (Å²) in [5.74, 6) is 0. The van der Waals surface area contributed by atoms with Gasteiger partial charge in [0.1, 0.15) is 0 Å².